The Morgan fingerprint density at radius 2 is 1.30 bits per heavy atom. The highest BCUT2D eigenvalue weighted by Crippen LogP contribution is 2.40. The zero-order valence-corrected chi connectivity index (χ0v) is 29.9. The number of rotatable bonds is 11. The van der Waals surface area contributed by atoms with Crippen molar-refractivity contribution in [1.82, 2.24) is 5.32 Å². The largest absolute Gasteiger partial charge is 0.418 e. The third-order valence-electron chi connectivity index (χ3n) is 8.09. The van der Waals surface area contributed by atoms with Crippen LogP contribution in [0.2, 0.25) is 5.02 Å². The lowest BCUT2D eigenvalue weighted by Crippen LogP contribution is -2.30. The van der Waals surface area contributed by atoms with Gasteiger partial charge in [-0.3, -0.25) is 14.4 Å². The van der Waals surface area contributed by atoms with Crippen molar-refractivity contribution in [1.29, 1.82) is 0 Å². The molecule has 0 bridgehead atoms. The van der Waals surface area contributed by atoms with Crippen molar-refractivity contribution in [3.63, 3.8) is 0 Å². The predicted octanol–water partition coefficient (Wildman–Crippen LogP) is 10.9. The number of carbonyl (C=O) groups is 3. The van der Waals surface area contributed by atoms with Crippen molar-refractivity contribution >= 4 is 58.5 Å². The zero-order chi connectivity index (χ0) is 38.1. The number of thioether (sulfide) groups is 1. The SMILES string of the molecule is O=C(Nc1cccc(SC(C(=O)Nc2ccc(Cl)cc2C(F)(F)F)c2ccccc2)c1)/C(=C\c1ccc(-c2ccccc2)cc1)NC(=O)c1ccccc1. The highest BCUT2D eigenvalue weighted by Gasteiger charge is 2.35. The van der Waals surface area contributed by atoms with Crippen LogP contribution in [0.1, 0.15) is 32.3 Å². The Morgan fingerprint density at radius 3 is 1.96 bits per heavy atom. The summed E-state index contributed by atoms with van der Waals surface area (Å²) in [6.45, 7) is 0. The molecule has 3 amide bonds. The van der Waals surface area contributed by atoms with Crippen LogP contribution in [-0.2, 0) is 15.8 Å². The van der Waals surface area contributed by atoms with Gasteiger partial charge in [0.15, 0.2) is 0 Å². The molecule has 0 saturated heterocycles. The average Bonchev–Trinajstić information content (AvgIpc) is 3.18. The van der Waals surface area contributed by atoms with Gasteiger partial charge >= 0.3 is 6.18 Å². The first kappa shape index (κ1) is 37.7. The lowest BCUT2D eigenvalue weighted by Gasteiger charge is -2.20. The molecule has 6 rings (SSSR count). The maximum absolute atomic E-state index is 13.8. The van der Waals surface area contributed by atoms with E-state index in [4.69, 9.17) is 11.6 Å². The summed E-state index contributed by atoms with van der Waals surface area (Å²) in [6.07, 6.45) is -3.18. The molecule has 0 aliphatic rings. The number of anilines is 2. The minimum absolute atomic E-state index is 0.0145. The van der Waals surface area contributed by atoms with Crippen molar-refractivity contribution in [2.75, 3.05) is 10.6 Å². The predicted molar refractivity (Wildman–Crippen MR) is 209 cm³/mol. The van der Waals surface area contributed by atoms with Gasteiger partial charge in [-0.25, -0.2) is 0 Å². The molecule has 0 aliphatic carbocycles. The number of hydrogen-bond acceptors (Lipinski definition) is 4. The summed E-state index contributed by atoms with van der Waals surface area (Å²) in [7, 11) is 0. The Bertz CT molecular complexity index is 2290. The number of amides is 3. The number of halogens is 4. The van der Waals surface area contributed by atoms with E-state index in [9.17, 15) is 27.6 Å². The first-order chi connectivity index (χ1) is 26.0. The number of alkyl halides is 3. The van der Waals surface area contributed by atoms with Crippen LogP contribution in [0.4, 0.5) is 24.5 Å². The molecule has 6 aromatic carbocycles. The van der Waals surface area contributed by atoms with Gasteiger partial charge in [-0.15, -0.1) is 11.8 Å². The molecule has 0 saturated carbocycles. The van der Waals surface area contributed by atoms with Gasteiger partial charge in [-0.05, 0) is 76.9 Å². The standard InChI is InChI=1S/C43H31ClF3N3O3S/c44-33-23-24-37(36(26-33)43(45,46)47)49-42(53)39(31-13-6-2-7-14-31)54-35-18-10-17-34(27-35)48-41(52)38(50-40(51)32-15-8-3-9-16-32)25-28-19-21-30(22-20-28)29-11-4-1-5-12-29/h1-27,39H,(H,48,52)(H,49,53)(H,50,51)/b38-25+. The fraction of sp³-hybridized carbons (Fsp3) is 0.0465. The molecule has 0 radical (unpaired) electrons. The Hall–Kier alpha value is -6.10. The first-order valence-electron chi connectivity index (χ1n) is 16.6. The second-order valence-electron chi connectivity index (χ2n) is 11.9. The second-order valence-corrected chi connectivity index (χ2v) is 13.5. The van der Waals surface area contributed by atoms with E-state index in [1.807, 2.05) is 54.6 Å². The Kier molecular flexibility index (Phi) is 12.0. The van der Waals surface area contributed by atoms with Crippen LogP contribution < -0.4 is 16.0 Å². The van der Waals surface area contributed by atoms with Crippen LogP contribution in [0.5, 0.6) is 0 Å². The minimum Gasteiger partial charge on any atom is -0.324 e. The Morgan fingerprint density at radius 1 is 0.667 bits per heavy atom. The van der Waals surface area contributed by atoms with E-state index < -0.39 is 40.4 Å². The summed E-state index contributed by atoms with van der Waals surface area (Å²) in [5.74, 6) is -1.78. The second kappa shape index (κ2) is 17.2. The van der Waals surface area contributed by atoms with Crippen LogP contribution in [0, 0.1) is 0 Å². The van der Waals surface area contributed by atoms with Gasteiger partial charge in [-0.2, -0.15) is 13.2 Å². The smallest absolute Gasteiger partial charge is 0.324 e. The van der Waals surface area contributed by atoms with Crippen molar-refractivity contribution in [2.45, 2.75) is 16.3 Å². The molecule has 11 heteroatoms. The molecule has 270 valence electrons. The van der Waals surface area contributed by atoms with Gasteiger partial charge in [0.2, 0.25) is 5.91 Å². The topological polar surface area (TPSA) is 87.3 Å². The molecule has 0 fully saturated rings. The Balaban J connectivity index is 1.25. The van der Waals surface area contributed by atoms with E-state index in [2.05, 4.69) is 16.0 Å². The summed E-state index contributed by atoms with van der Waals surface area (Å²) in [5.41, 5.74) is 2.44. The van der Waals surface area contributed by atoms with Crippen LogP contribution in [0.3, 0.4) is 0 Å². The van der Waals surface area contributed by atoms with Gasteiger partial charge in [0.05, 0.1) is 11.3 Å². The van der Waals surface area contributed by atoms with Crippen LogP contribution in [-0.4, -0.2) is 17.7 Å². The van der Waals surface area contributed by atoms with E-state index in [0.29, 0.717) is 27.3 Å². The van der Waals surface area contributed by atoms with Crippen LogP contribution >= 0.6 is 23.4 Å². The molecular formula is C43H31ClF3N3O3S. The normalized spacial score (nSPS) is 12.0. The van der Waals surface area contributed by atoms with E-state index in [1.165, 1.54) is 6.07 Å². The molecule has 54 heavy (non-hydrogen) atoms. The van der Waals surface area contributed by atoms with Gasteiger partial charge in [0.25, 0.3) is 11.8 Å². The molecular weight excluding hydrogens is 731 g/mol. The molecule has 0 aromatic heterocycles. The summed E-state index contributed by atoms with van der Waals surface area (Å²) in [4.78, 5) is 41.2. The number of carbonyl (C=O) groups excluding carboxylic acids is 3. The highest BCUT2D eigenvalue weighted by molar-refractivity contribution is 8.00. The third-order valence-corrected chi connectivity index (χ3v) is 9.57. The fourth-order valence-corrected chi connectivity index (χ4v) is 6.71. The molecule has 0 aliphatic heterocycles. The van der Waals surface area contributed by atoms with Gasteiger partial charge < -0.3 is 16.0 Å². The van der Waals surface area contributed by atoms with Crippen molar-refractivity contribution < 1.29 is 27.6 Å². The summed E-state index contributed by atoms with van der Waals surface area (Å²) in [6, 6.07) is 44.3. The van der Waals surface area contributed by atoms with E-state index in [-0.39, 0.29) is 10.7 Å². The average molecular weight is 762 g/mol. The van der Waals surface area contributed by atoms with Crippen molar-refractivity contribution in [2.24, 2.45) is 0 Å². The maximum atomic E-state index is 13.8. The zero-order valence-electron chi connectivity index (χ0n) is 28.3. The first-order valence-corrected chi connectivity index (χ1v) is 17.8. The third kappa shape index (κ3) is 9.86. The van der Waals surface area contributed by atoms with Crippen LogP contribution in [0.15, 0.2) is 168 Å². The van der Waals surface area contributed by atoms with E-state index in [0.717, 1.165) is 35.0 Å². The fourth-order valence-electron chi connectivity index (χ4n) is 5.45. The number of nitrogens with one attached hydrogen (secondary N) is 3. The molecule has 3 N–H and O–H groups in total. The van der Waals surface area contributed by atoms with Crippen molar-refractivity contribution in [3.8, 4) is 11.1 Å². The maximum Gasteiger partial charge on any atom is 0.418 e. The summed E-state index contributed by atoms with van der Waals surface area (Å²) < 4.78 is 41.5. The van der Waals surface area contributed by atoms with Gasteiger partial charge in [0, 0.05) is 21.2 Å². The minimum atomic E-state index is -4.76. The molecule has 1 atom stereocenters. The van der Waals surface area contributed by atoms with E-state index in [1.54, 1.807) is 91.0 Å². The highest BCUT2D eigenvalue weighted by atomic mass is 35.5. The quantitative estimate of drug-likeness (QED) is 0.0906. The Labute approximate surface area is 319 Å². The van der Waals surface area contributed by atoms with Gasteiger partial charge in [-0.1, -0.05) is 121 Å². The molecule has 0 heterocycles. The summed E-state index contributed by atoms with van der Waals surface area (Å²) in [5, 5.41) is 6.91. The molecule has 0 spiro atoms. The molecule has 1 unspecified atom stereocenters. The van der Waals surface area contributed by atoms with Gasteiger partial charge in [0.1, 0.15) is 10.9 Å². The molecule has 6 aromatic rings. The van der Waals surface area contributed by atoms with E-state index >= 15 is 0 Å². The number of hydrogen-bond donors (Lipinski definition) is 3. The lowest BCUT2D eigenvalue weighted by molar-refractivity contribution is -0.137. The lowest BCUT2D eigenvalue weighted by atomic mass is 10.0. The number of benzene rings is 6. The van der Waals surface area contributed by atoms with Crippen molar-refractivity contribution in [3.05, 3.63) is 191 Å². The van der Waals surface area contributed by atoms with Crippen LogP contribution in [0.25, 0.3) is 17.2 Å². The molecule has 6 nitrogen and oxygen atoms in total. The summed E-state index contributed by atoms with van der Waals surface area (Å²) >= 11 is 6.93. The monoisotopic (exact) mass is 761 g/mol.